The molecule has 25 nitrogen and oxygen atoms in total. The van der Waals surface area contributed by atoms with Gasteiger partial charge in [0.05, 0.1) is 60.5 Å². The van der Waals surface area contributed by atoms with Crippen molar-refractivity contribution in [3.05, 3.63) is 99.4 Å². The lowest BCUT2D eigenvalue weighted by atomic mass is 9.69. The highest BCUT2D eigenvalue weighted by Crippen LogP contribution is 2.48. The zero-order chi connectivity index (χ0) is 82.3. The number of hydrogen-bond donors (Lipinski definition) is 1. The number of aryl methyl sites for hydroxylation is 2. The molecule has 6 saturated heterocycles. The second-order valence-corrected chi connectivity index (χ2v) is 34.4. The van der Waals surface area contributed by atoms with E-state index >= 15 is 4.39 Å². The van der Waals surface area contributed by atoms with Gasteiger partial charge in [-0.2, -0.15) is 0 Å². The number of Topliss-reactive ketones (excluding diaryl/α,β-unsaturated/α-hetero) is 4. The first-order valence-electron chi connectivity index (χ1n) is 40.5. The number of pyridine rings is 2. The van der Waals surface area contributed by atoms with Crippen LogP contribution in [0.25, 0.3) is 22.5 Å². The molecule has 0 radical (unpaired) electrons. The topological polar surface area (TPSA) is 299 Å². The Morgan fingerprint density at radius 1 is 0.598 bits per heavy atom. The van der Waals surface area contributed by atoms with Crippen molar-refractivity contribution in [3.63, 3.8) is 0 Å². The number of rotatable bonds is 20. The van der Waals surface area contributed by atoms with E-state index in [1.54, 1.807) is 70.0 Å². The molecule has 2 amide bonds. The Morgan fingerprint density at radius 2 is 1.08 bits per heavy atom. The molecule has 0 aliphatic carbocycles. The summed E-state index contributed by atoms with van der Waals surface area (Å²) in [5, 5.41) is 11.0. The molecule has 6 fully saturated rings. The van der Waals surface area contributed by atoms with Gasteiger partial charge < -0.3 is 57.0 Å². The number of ketones is 4. The smallest absolute Gasteiger partial charge is 0.411 e. The van der Waals surface area contributed by atoms with Crippen LogP contribution in [0.5, 0.6) is 0 Å². The summed E-state index contributed by atoms with van der Waals surface area (Å²) in [5.41, 5.74) is -4.61. The molecule has 112 heavy (non-hydrogen) atoms. The van der Waals surface area contributed by atoms with Gasteiger partial charge in [0.15, 0.2) is 35.3 Å². The van der Waals surface area contributed by atoms with E-state index in [0.29, 0.717) is 57.7 Å². The fraction of sp³-hybridized carbons (Fsp3) is 0.674. The number of carbonyl (C=O) groups excluding carboxylic acids is 8. The van der Waals surface area contributed by atoms with Crippen molar-refractivity contribution in [2.45, 2.75) is 293 Å². The summed E-state index contributed by atoms with van der Waals surface area (Å²) in [7, 11) is 0. The van der Waals surface area contributed by atoms with Crippen LogP contribution >= 0.6 is 0 Å². The van der Waals surface area contributed by atoms with Gasteiger partial charge in [0.2, 0.25) is 0 Å². The zero-order valence-corrected chi connectivity index (χ0v) is 69.1. The lowest BCUT2D eigenvalue weighted by molar-refractivity contribution is -0.284. The fourth-order valence-corrected chi connectivity index (χ4v) is 18.3. The van der Waals surface area contributed by atoms with E-state index in [1.807, 2.05) is 115 Å². The second kappa shape index (κ2) is 36.7. The van der Waals surface area contributed by atoms with Crippen molar-refractivity contribution in [2.24, 2.45) is 64.1 Å². The predicted octanol–water partition coefficient (Wildman–Crippen LogP) is 14.0. The molecule has 10 rings (SSSR count). The van der Waals surface area contributed by atoms with Crippen LogP contribution in [0.3, 0.4) is 0 Å². The number of alkyl halides is 1. The van der Waals surface area contributed by atoms with Crippen LogP contribution in [0, 0.1) is 64.1 Å². The molecular weight excluding hydrogens is 1440 g/mol. The molecule has 2 unspecified atom stereocenters. The van der Waals surface area contributed by atoms with Crippen molar-refractivity contribution in [1.29, 1.82) is 0 Å². The maximum Gasteiger partial charge on any atom is 0.411 e. The minimum atomic E-state index is -3.13. The Kier molecular flexibility index (Phi) is 28.9. The number of cyclic esters (lactones) is 2. The molecule has 4 aromatic heterocycles. The number of unbranched alkanes of at least 4 members (excludes halogenated alkanes) is 2. The van der Waals surface area contributed by atoms with Gasteiger partial charge >= 0.3 is 24.1 Å². The Bertz CT molecular complexity index is 3940. The number of aliphatic hydroxyl groups excluding tert-OH is 1. The molecule has 616 valence electrons. The first-order chi connectivity index (χ1) is 52.8. The number of halogens is 1. The Morgan fingerprint density at radius 3 is 1.62 bits per heavy atom. The molecule has 4 aromatic rings. The number of aliphatic hydroxyl groups is 1. The van der Waals surface area contributed by atoms with E-state index < -0.39 is 148 Å². The van der Waals surface area contributed by atoms with Crippen molar-refractivity contribution in [3.8, 4) is 22.5 Å². The summed E-state index contributed by atoms with van der Waals surface area (Å²) in [6, 6.07) is 5.84. The molecule has 1 N–H and O–H groups in total. The van der Waals surface area contributed by atoms with Gasteiger partial charge in [0, 0.05) is 116 Å². The number of hydrogen-bond acceptors (Lipinski definition) is 21. The predicted molar refractivity (Wildman–Crippen MR) is 417 cm³/mol. The number of fused-ring (bicyclic) bond motifs is 2. The molecular formula is C86H123FN8O17. The highest BCUT2D eigenvalue weighted by Gasteiger charge is 2.63. The van der Waals surface area contributed by atoms with Gasteiger partial charge in [0.25, 0.3) is 5.67 Å². The summed E-state index contributed by atoms with van der Waals surface area (Å²) in [4.78, 5) is 133. The van der Waals surface area contributed by atoms with E-state index in [9.17, 15) is 43.5 Å². The minimum Gasteiger partial charge on any atom is -0.457 e. The van der Waals surface area contributed by atoms with Crippen LogP contribution in [-0.4, -0.2) is 189 Å². The highest BCUT2D eigenvalue weighted by atomic mass is 19.1. The Labute approximate surface area is 660 Å². The van der Waals surface area contributed by atoms with E-state index in [1.165, 1.54) is 24.0 Å². The first kappa shape index (κ1) is 88.0. The SMILES string of the molecule is C=C[C@]12OC(=O)N(CCCCn3cnc(-c4cccnc4)c3)[C@@H]1CC(=O)[C@H](C)CC(C)(C)[C@H](OC1O[C@H](C)C[C@H](C)[C@H]1O)[C@@H](C)C(=O)[C@](C)(F)C(=O)O[C@@H]2CC.C=C[C@]12OC(=O)N(CCCCn3cnc(-c4cccnc4)c3)[C@@H]1[C@@H](C)C(=O)[C@H](C)CC(C)(C)[C@H](OC1O[C@H](C)C[C@H](C)[C@H]1C)[C@@H](C)C(=O)[C@@H](C)C(=O)O[C@@H]2CC. The number of nitrogens with zero attached hydrogens (tertiary/aromatic N) is 8. The number of amides is 2. The fourth-order valence-electron chi connectivity index (χ4n) is 18.3. The summed E-state index contributed by atoms with van der Waals surface area (Å²) < 4.78 is 70.4. The molecule has 0 aromatic carbocycles. The third kappa shape index (κ3) is 19.0. The third-order valence-electron chi connectivity index (χ3n) is 24.7. The third-order valence-corrected chi connectivity index (χ3v) is 24.7. The van der Waals surface area contributed by atoms with Gasteiger partial charge in [0.1, 0.15) is 35.8 Å². The van der Waals surface area contributed by atoms with Gasteiger partial charge in [-0.25, -0.2) is 28.7 Å². The zero-order valence-electron chi connectivity index (χ0n) is 69.1. The largest absolute Gasteiger partial charge is 0.457 e. The molecule has 0 saturated carbocycles. The van der Waals surface area contributed by atoms with Gasteiger partial charge in [-0.1, -0.05) is 110 Å². The van der Waals surface area contributed by atoms with Crippen molar-refractivity contribution >= 4 is 47.3 Å². The molecule has 10 heterocycles. The first-order valence-corrected chi connectivity index (χ1v) is 40.5. The number of aromatic nitrogens is 6. The van der Waals surface area contributed by atoms with Crippen LogP contribution in [0.2, 0.25) is 0 Å². The van der Waals surface area contributed by atoms with Crippen molar-refractivity contribution in [1.82, 2.24) is 38.9 Å². The molecule has 6 aliphatic rings. The van der Waals surface area contributed by atoms with Crippen LogP contribution in [0.1, 0.15) is 195 Å². The van der Waals surface area contributed by atoms with Crippen LogP contribution < -0.4 is 0 Å². The lowest BCUT2D eigenvalue weighted by Crippen LogP contribution is -2.58. The number of ether oxygens (including phenoxy) is 8. The average Bonchev–Trinajstić information content (AvgIpc) is 1.56. The molecule has 26 heteroatoms. The van der Waals surface area contributed by atoms with Crippen LogP contribution in [0.4, 0.5) is 14.0 Å². The Balaban J connectivity index is 0.000000257. The second-order valence-electron chi connectivity index (χ2n) is 34.4. The van der Waals surface area contributed by atoms with Crippen LogP contribution in [-0.2, 0) is 79.8 Å². The maximum atomic E-state index is 16.7. The number of imidazole rings is 2. The van der Waals surface area contributed by atoms with E-state index in [0.717, 1.165) is 42.3 Å². The number of esters is 2. The average molecular weight is 1560 g/mol. The monoisotopic (exact) mass is 1560 g/mol. The quantitative estimate of drug-likeness (QED) is 0.0283. The summed E-state index contributed by atoms with van der Waals surface area (Å²) >= 11 is 0. The maximum absolute atomic E-state index is 16.7. The van der Waals surface area contributed by atoms with Crippen molar-refractivity contribution in [2.75, 3.05) is 13.1 Å². The van der Waals surface area contributed by atoms with Crippen molar-refractivity contribution < 1.29 is 85.7 Å². The molecule has 23 atom stereocenters. The normalized spacial score (nSPS) is 35.7. The standard InChI is InChI=1S/C44H64N4O8.C42H59FN4O9/c1-12-35-44(13-2)38(48(42(52)56-44)20-15-14-19-47-24-34(46-25-47)33-17-16-18-45-23-33)30(7)36(49)27(4)22-43(10,11)39(31(8)37(50)32(9)40(51)54-35)55-41-29(6)26(3)21-28(5)53-41;1-10-33-42(11-2)32(47(39(52)56-42)18-13-12-17-46-23-30(45-24-46)29-15-14-16-44-22-29)20-31(48)26(4)21-40(7,8)36(28(6)35(50)41(9,43)38(51)54-33)55-37-34(49)25(3)19-27(5)53-37/h13,16-18,23-32,35,38-39,41H,2,12,14-15,19-22H2,1,3-11H3;11,14-16,22-28,32-34,36-37,49H,2,10,12-13,17-21H2,1,3-9H3/t26-,27+,28+,29+,30-,31-,32+,35+,38+,39+,41?,44+;25-,26+,27+,28-,32+,33+,34+,36+,37?,41-,42-/m00/s1. The molecule has 0 spiro atoms. The van der Waals surface area contributed by atoms with Crippen LogP contribution in [0.15, 0.2) is 99.4 Å². The summed E-state index contributed by atoms with van der Waals surface area (Å²) in [6.07, 6.45) is 13.7. The lowest BCUT2D eigenvalue weighted by Gasteiger charge is -2.46. The minimum absolute atomic E-state index is 0.0133. The highest BCUT2D eigenvalue weighted by molar-refractivity contribution is 6.08. The van der Waals surface area contributed by atoms with Gasteiger partial charge in [-0.15, -0.1) is 0 Å². The van der Waals surface area contributed by atoms with E-state index in [-0.39, 0.29) is 73.6 Å². The van der Waals surface area contributed by atoms with E-state index in [4.69, 9.17) is 37.9 Å². The number of carbonyl (C=O) groups is 8. The summed E-state index contributed by atoms with van der Waals surface area (Å²) in [5.74, 6) is -8.48. The molecule has 6 aliphatic heterocycles. The van der Waals surface area contributed by atoms with E-state index in [2.05, 4.69) is 46.9 Å². The van der Waals surface area contributed by atoms with Gasteiger partial charge in [-0.3, -0.25) is 38.8 Å². The molecule has 0 bridgehead atoms. The summed E-state index contributed by atoms with van der Waals surface area (Å²) in [6.45, 7) is 42.2. The Hall–Kier alpha value is -7.91. The van der Waals surface area contributed by atoms with Gasteiger partial charge in [-0.05, 0) is 151 Å².